The second-order valence-electron chi connectivity index (χ2n) is 5.97. The largest absolute Gasteiger partial charge is 0.465 e. The summed E-state index contributed by atoms with van der Waals surface area (Å²) in [7, 11) is 0. The highest BCUT2D eigenvalue weighted by Gasteiger charge is 2.02. The third-order valence-electron chi connectivity index (χ3n) is 4.02. The zero-order valence-corrected chi connectivity index (χ0v) is 14.5. The highest BCUT2D eigenvalue weighted by molar-refractivity contribution is 6.01. The fourth-order valence-corrected chi connectivity index (χ4v) is 2.70. The number of furan rings is 1. The second-order valence-corrected chi connectivity index (χ2v) is 5.97. The zero-order chi connectivity index (χ0) is 18.5. The lowest BCUT2D eigenvalue weighted by Gasteiger charge is -2.08. The van der Waals surface area contributed by atoms with E-state index in [0.29, 0.717) is 17.2 Å². The van der Waals surface area contributed by atoms with Gasteiger partial charge in [0.15, 0.2) is 0 Å². The molecule has 0 aliphatic heterocycles. The van der Waals surface area contributed by atoms with Crippen LogP contribution in [0.1, 0.15) is 5.76 Å². The summed E-state index contributed by atoms with van der Waals surface area (Å²) in [4.78, 5) is 11.9. The molecule has 0 bridgehead atoms. The van der Waals surface area contributed by atoms with Gasteiger partial charge in [0.25, 0.3) is 0 Å². The van der Waals surface area contributed by atoms with Crippen LogP contribution < -0.4 is 10.1 Å². The lowest BCUT2D eigenvalue weighted by atomic mass is 10.1. The van der Waals surface area contributed by atoms with Crippen molar-refractivity contribution in [1.82, 2.24) is 0 Å². The highest BCUT2D eigenvalue weighted by atomic mass is 16.5. The van der Waals surface area contributed by atoms with E-state index in [0.717, 1.165) is 11.1 Å². The van der Waals surface area contributed by atoms with E-state index >= 15 is 0 Å². The minimum atomic E-state index is -0.227. The van der Waals surface area contributed by atoms with E-state index in [1.807, 2.05) is 42.5 Å². The first-order valence-electron chi connectivity index (χ1n) is 8.55. The SMILES string of the molecule is O=C(C=Cc1ccco1)Nc1ccc(Oc2ccc3ccccc3c2)cc1. The molecule has 0 fully saturated rings. The van der Waals surface area contributed by atoms with Crippen LogP contribution in [-0.2, 0) is 4.79 Å². The molecule has 1 aromatic heterocycles. The number of nitrogens with one attached hydrogen (secondary N) is 1. The quantitative estimate of drug-likeness (QED) is 0.455. The third kappa shape index (κ3) is 4.25. The summed E-state index contributed by atoms with van der Waals surface area (Å²) in [5, 5.41) is 5.10. The molecule has 1 heterocycles. The Morgan fingerprint density at radius 3 is 2.41 bits per heavy atom. The zero-order valence-electron chi connectivity index (χ0n) is 14.5. The molecule has 1 N–H and O–H groups in total. The molecule has 0 atom stereocenters. The lowest BCUT2D eigenvalue weighted by Crippen LogP contribution is -2.07. The fourth-order valence-electron chi connectivity index (χ4n) is 2.70. The Morgan fingerprint density at radius 1 is 0.852 bits per heavy atom. The van der Waals surface area contributed by atoms with Crippen molar-refractivity contribution in [2.75, 3.05) is 5.32 Å². The topological polar surface area (TPSA) is 51.5 Å². The molecule has 3 aromatic carbocycles. The molecule has 0 spiro atoms. The fraction of sp³-hybridized carbons (Fsp3) is 0. The molecule has 4 aromatic rings. The van der Waals surface area contributed by atoms with E-state index in [1.165, 1.54) is 11.5 Å². The summed E-state index contributed by atoms with van der Waals surface area (Å²) in [6, 6.07) is 24.9. The minimum Gasteiger partial charge on any atom is -0.465 e. The first-order valence-corrected chi connectivity index (χ1v) is 8.55. The Labute approximate surface area is 156 Å². The van der Waals surface area contributed by atoms with E-state index in [1.54, 1.807) is 36.6 Å². The van der Waals surface area contributed by atoms with Gasteiger partial charge in [-0.05, 0) is 65.4 Å². The van der Waals surface area contributed by atoms with E-state index in [2.05, 4.69) is 17.4 Å². The smallest absolute Gasteiger partial charge is 0.248 e. The van der Waals surface area contributed by atoms with Gasteiger partial charge in [0.1, 0.15) is 17.3 Å². The maximum atomic E-state index is 11.9. The van der Waals surface area contributed by atoms with Crippen LogP contribution in [0.2, 0.25) is 0 Å². The predicted molar refractivity (Wildman–Crippen MR) is 107 cm³/mol. The van der Waals surface area contributed by atoms with Crippen molar-refractivity contribution in [3.63, 3.8) is 0 Å². The Balaban J connectivity index is 1.40. The van der Waals surface area contributed by atoms with Crippen LogP contribution in [0.3, 0.4) is 0 Å². The van der Waals surface area contributed by atoms with Crippen LogP contribution >= 0.6 is 0 Å². The molecule has 4 rings (SSSR count). The van der Waals surface area contributed by atoms with Gasteiger partial charge in [-0.3, -0.25) is 4.79 Å². The van der Waals surface area contributed by atoms with Crippen molar-refractivity contribution in [3.05, 3.63) is 97.0 Å². The first-order chi connectivity index (χ1) is 13.3. The molecule has 0 saturated heterocycles. The molecule has 0 radical (unpaired) electrons. The number of hydrogen-bond acceptors (Lipinski definition) is 3. The molecule has 27 heavy (non-hydrogen) atoms. The Bertz CT molecular complexity index is 1080. The van der Waals surface area contributed by atoms with Gasteiger partial charge in [0.2, 0.25) is 5.91 Å². The van der Waals surface area contributed by atoms with Crippen LogP contribution in [0, 0.1) is 0 Å². The van der Waals surface area contributed by atoms with Crippen LogP contribution in [0.15, 0.2) is 95.6 Å². The lowest BCUT2D eigenvalue weighted by molar-refractivity contribution is -0.111. The van der Waals surface area contributed by atoms with Gasteiger partial charge in [0, 0.05) is 11.8 Å². The van der Waals surface area contributed by atoms with Gasteiger partial charge in [-0.25, -0.2) is 0 Å². The number of carbonyl (C=O) groups excluding carboxylic acids is 1. The van der Waals surface area contributed by atoms with Crippen molar-refractivity contribution in [3.8, 4) is 11.5 Å². The summed E-state index contributed by atoms with van der Waals surface area (Å²) in [6.07, 6.45) is 4.61. The molecule has 0 aliphatic rings. The van der Waals surface area contributed by atoms with Crippen molar-refractivity contribution < 1.29 is 13.9 Å². The summed E-state index contributed by atoms with van der Waals surface area (Å²) in [5.74, 6) is 1.88. The number of hydrogen-bond donors (Lipinski definition) is 1. The molecule has 4 nitrogen and oxygen atoms in total. The first kappa shape index (κ1) is 16.7. The number of benzene rings is 3. The van der Waals surface area contributed by atoms with Gasteiger partial charge in [-0.1, -0.05) is 30.3 Å². The van der Waals surface area contributed by atoms with E-state index in [9.17, 15) is 4.79 Å². The standard InChI is InChI=1S/C23H17NO3/c25-23(14-13-20-6-3-15-26-20)24-19-8-11-21(12-9-19)27-22-10-7-17-4-1-2-5-18(17)16-22/h1-16H,(H,24,25). The monoisotopic (exact) mass is 355 g/mol. The van der Waals surface area contributed by atoms with E-state index < -0.39 is 0 Å². The normalized spacial score (nSPS) is 11.0. The average Bonchev–Trinajstić information content (AvgIpc) is 3.22. The molecule has 4 heteroatoms. The molecular formula is C23H17NO3. The van der Waals surface area contributed by atoms with Gasteiger partial charge < -0.3 is 14.5 Å². The Morgan fingerprint density at radius 2 is 1.63 bits per heavy atom. The van der Waals surface area contributed by atoms with Crippen LogP contribution in [-0.4, -0.2) is 5.91 Å². The van der Waals surface area contributed by atoms with E-state index in [4.69, 9.17) is 9.15 Å². The number of anilines is 1. The van der Waals surface area contributed by atoms with E-state index in [-0.39, 0.29) is 5.91 Å². The molecular weight excluding hydrogens is 338 g/mol. The number of carbonyl (C=O) groups is 1. The van der Waals surface area contributed by atoms with Crippen molar-refractivity contribution in [2.45, 2.75) is 0 Å². The van der Waals surface area contributed by atoms with Gasteiger partial charge in [-0.2, -0.15) is 0 Å². The molecule has 0 aliphatic carbocycles. The molecule has 132 valence electrons. The Kier molecular flexibility index (Phi) is 4.70. The maximum absolute atomic E-state index is 11.9. The second kappa shape index (κ2) is 7.62. The third-order valence-corrected chi connectivity index (χ3v) is 4.02. The van der Waals surface area contributed by atoms with Gasteiger partial charge in [0.05, 0.1) is 6.26 Å². The Hall–Kier alpha value is -3.79. The minimum absolute atomic E-state index is 0.227. The number of amides is 1. The number of rotatable bonds is 5. The summed E-state index contributed by atoms with van der Waals surface area (Å²) in [5.41, 5.74) is 0.690. The molecule has 0 unspecified atom stereocenters. The highest BCUT2D eigenvalue weighted by Crippen LogP contribution is 2.26. The van der Waals surface area contributed by atoms with Crippen LogP contribution in [0.4, 0.5) is 5.69 Å². The van der Waals surface area contributed by atoms with Gasteiger partial charge in [-0.15, -0.1) is 0 Å². The van der Waals surface area contributed by atoms with Crippen LogP contribution in [0.5, 0.6) is 11.5 Å². The van der Waals surface area contributed by atoms with Gasteiger partial charge >= 0.3 is 0 Å². The number of ether oxygens (including phenoxy) is 1. The van der Waals surface area contributed by atoms with Crippen molar-refractivity contribution in [2.24, 2.45) is 0 Å². The predicted octanol–water partition coefficient (Wildman–Crippen LogP) is 5.88. The summed E-state index contributed by atoms with van der Waals surface area (Å²) >= 11 is 0. The maximum Gasteiger partial charge on any atom is 0.248 e. The average molecular weight is 355 g/mol. The van der Waals surface area contributed by atoms with Crippen molar-refractivity contribution >= 4 is 28.4 Å². The molecule has 0 saturated carbocycles. The molecule has 1 amide bonds. The van der Waals surface area contributed by atoms with Crippen molar-refractivity contribution in [1.29, 1.82) is 0 Å². The number of fused-ring (bicyclic) bond motifs is 1. The summed E-state index contributed by atoms with van der Waals surface area (Å²) < 4.78 is 11.1. The summed E-state index contributed by atoms with van der Waals surface area (Å²) in [6.45, 7) is 0. The van der Waals surface area contributed by atoms with Crippen LogP contribution in [0.25, 0.3) is 16.8 Å².